The van der Waals surface area contributed by atoms with E-state index < -0.39 is 6.04 Å². The quantitative estimate of drug-likeness (QED) is 0.858. The van der Waals surface area contributed by atoms with Crippen molar-refractivity contribution in [1.82, 2.24) is 4.98 Å². The lowest BCUT2D eigenvalue weighted by molar-refractivity contribution is -0.117. The fourth-order valence-electron chi connectivity index (χ4n) is 2.05. The molecule has 0 saturated carbocycles. The van der Waals surface area contributed by atoms with Gasteiger partial charge in [-0.05, 0) is 49.2 Å². The molecule has 3 N–H and O–H groups in total. The first-order chi connectivity index (χ1) is 10.6. The Balaban J connectivity index is 2.05. The highest BCUT2D eigenvalue weighted by Crippen LogP contribution is 2.26. The number of amides is 1. The van der Waals surface area contributed by atoms with Gasteiger partial charge in [-0.2, -0.15) is 0 Å². The summed E-state index contributed by atoms with van der Waals surface area (Å²) >= 11 is 0. The zero-order valence-electron chi connectivity index (χ0n) is 12.9. The van der Waals surface area contributed by atoms with Gasteiger partial charge in [-0.1, -0.05) is 13.3 Å². The number of hydrogen-bond acceptors (Lipinski definition) is 4. The van der Waals surface area contributed by atoms with Crippen molar-refractivity contribution >= 4 is 11.6 Å². The minimum atomic E-state index is -0.475. The molecule has 1 aromatic heterocycles. The maximum Gasteiger partial charge on any atom is 0.241 e. The van der Waals surface area contributed by atoms with E-state index in [1.165, 1.54) is 0 Å². The minimum Gasteiger partial charge on any atom is -0.455 e. The first kappa shape index (κ1) is 16.0. The van der Waals surface area contributed by atoms with Crippen molar-refractivity contribution in [2.45, 2.75) is 32.7 Å². The summed E-state index contributed by atoms with van der Waals surface area (Å²) in [5, 5.41) is 2.83. The first-order valence-electron chi connectivity index (χ1n) is 7.35. The van der Waals surface area contributed by atoms with Crippen LogP contribution in [0, 0.1) is 6.92 Å². The molecule has 0 fully saturated rings. The topological polar surface area (TPSA) is 77.2 Å². The Morgan fingerprint density at radius 2 is 2.23 bits per heavy atom. The zero-order valence-corrected chi connectivity index (χ0v) is 12.9. The Morgan fingerprint density at radius 3 is 2.86 bits per heavy atom. The van der Waals surface area contributed by atoms with Crippen LogP contribution in [0.4, 0.5) is 5.69 Å². The van der Waals surface area contributed by atoms with Gasteiger partial charge in [-0.3, -0.25) is 9.78 Å². The number of pyridine rings is 1. The number of aromatic nitrogens is 1. The van der Waals surface area contributed by atoms with Gasteiger partial charge in [0.2, 0.25) is 5.91 Å². The Hall–Kier alpha value is -2.40. The van der Waals surface area contributed by atoms with E-state index in [2.05, 4.69) is 10.3 Å². The van der Waals surface area contributed by atoms with Crippen LogP contribution < -0.4 is 15.8 Å². The number of nitrogens with two attached hydrogens (primary N) is 1. The van der Waals surface area contributed by atoms with Gasteiger partial charge in [0.05, 0.1) is 12.2 Å². The molecule has 22 heavy (non-hydrogen) atoms. The van der Waals surface area contributed by atoms with Gasteiger partial charge < -0.3 is 15.8 Å². The molecule has 0 radical (unpaired) electrons. The van der Waals surface area contributed by atoms with Crippen LogP contribution in [0.2, 0.25) is 0 Å². The lowest BCUT2D eigenvalue weighted by Crippen LogP contribution is -2.35. The highest BCUT2D eigenvalue weighted by atomic mass is 16.5. The molecule has 0 aliphatic rings. The fraction of sp³-hybridized carbons (Fsp3) is 0.294. The van der Waals surface area contributed by atoms with Crippen molar-refractivity contribution in [3.8, 4) is 11.5 Å². The van der Waals surface area contributed by atoms with Gasteiger partial charge in [0.15, 0.2) is 0 Å². The highest BCUT2D eigenvalue weighted by molar-refractivity contribution is 5.94. The predicted molar refractivity (Wildman–Crippen MR) is 87.0 cm³/mol. The number of nitrogens with zero attached hydrogens (tertiary/aromatic N) is 1. The summed E-state index contributed by atoms with van der Waals surface area (Å²) in [5.41, 5.74) is 7.44. The number of carbonyl (C=O) groups excluding carboxylic acids is 1. The van der Waals surface area contributed by atoms with Gasteiger partial charge in [-0.25, -0.2) is 0 Å². The molecule has 0 saturated heterocycles. The summed E-state index contributed by atoms with van der Waals surface area (Å²) in [5.74, 6) is 1.23. The molecular weight excluding hydrogens is 278 g/mol. The summed E-state index contributed by atoms with van der Waals surface area (Å²) < 4.78 is 5.76. The van der Waals surface area contributed by atoms with E-state index in [1.54, 1.807) is 18.5 Å². The summed E-state index contributed by atoms with van der Waals surface area (Å²) in [6, 6.07) is 8.66. The fourth-order valence-corrected chi connectivity index (χ4v) is 2.05. The third-order valence-corrected chi connectivity index (χ3v) is 3.24. The van der Waals surface area contributed by atoms with Gasteiger partial charge in [0.25, 0.3) is 0 Å². The van der Waals surface area contributed by atoms with E-state index >= 15 is 0 Å². The zero-order chi connectivity index (χ0) is 15.9. The second-order valence-corrected chi connectivity index (χ2v) is 5.16. The SMILES string of the molecule is CCCC(N)C(=O)Nc1ccc(Oc2cccnc2)c(C)c1. The van der Waals surface area contributed by atoms with Crippen LogP contribution in [-0.4, -0.2) is 16.9 Å². The molecule has 0 aliphatic heterocycles. The van der Waals surface area contributed by atoms with E-state index in [4.69, 9.17) is 10.5 Å². The van der Waals surface area contributed by atoms with Gasteiger partial charge >= 0.3 is 0 Å². The van der Waals surface area contributed by atoms with Crippen LogP contribution in [-0.2, 0) is 4.79 Å². The van der Waals surface area contributed by atoms with Crippen molar-refractivity contribution < 1.29 is 9.53 Å². The van der Waals surface area contributed by atoms with Gasteiger partial charge in [0.1, 0.15) is 11.5 Å². The average molecular weight is 299 g/mol. The molecule has 1 heterocycles. The standard InChI is InChI=1S/C17H21N3O2/c1-3-5-15(18)17(21)20-13-7-8-16(12(2)10-13)22-14-6-4-9-19-11-14/h4,6-11,15H,3,5,18H2,1-2H3,(H,20,21). The summed E-state index contributed by atoms with van der Waals surface area (Å²) in [7, 11) is 0. The predicted octanol–water partition coefficient (Wildman–Crippen LogP) is 3.25. The molecule has 0 aliphatic carbocycles. The van der Waals surface area contributed by atoms with E-state index in [1.807, 2.05) is 38.1 Å². The monoisotopic (exact) mass is 299 g/mol. The lowest BCUT2D eigenvalue weighted by atomic mass is 10.1. The summed E-state index contributed by atoms with van der Waals surface area (Å²) in [6.07, 6.45) is 4.90. The second-order valence-electron chi connectivity index (χ2n) is 5.16. The van der Waals surface area contributed by atoms with Gasteiger partial charge in [-0.15, -0.1) is 0 Å². The van der Waals surface area contributed by atoms with E-state index in [9.17, 15) is 4.79 Å². The molecule has 116 valence electrons. The van der Waals surface area contributed by atoms with Crippen molar-refractivity contribution in [1.29, 1.82) is 0 Å². The van der Waals surface area contributed by atoms with Crippen molar-refractivity contribution in [2.75, 3.05) is 5.32 Å². The van der Waals surface area contributed by atoms with E-state index in [-0.39, 0.29) is 5.91 Å². The Morgan fingerprint density at radius 1 is 1.41 bits per heavy atom. The van der Waals surface area contributed by atoms with Crippen LogP contribution in [0.5, 0.6) is 11.5 Å². The summed E-state index contributed by atoms with van der Waals surface area (Å²) in [6.45, 7) is 3.93. The van der Waals surface area contributed by atoms with E-state index in [0.717, 1.165) is 17.7 Å². The molecular formula is C17H21N3O2. The molecule has 2 aromatic rings. The van der Waals surface area contributed by atoms with Crippen LogP contribution in [0.25, 0.3) is 0 Å². The number of hydrogen-bond donors (Lipinski definition) is 2. The Kier molecular flexibility index (Phi) is 5.49. The van der Waals surface area contributed by atoms with Crippen LogP contribution >= 0.6 is 0 Å². The Bertz CT molecular complexity index is 629. The largest absolute Gasteiger partial charge is 0.455 e. The van der Waals surface area contributed by atoms with E-state index in [0.29, 0.717) is 17.9 Å². The number of rotatable bonds is 6. The molecule has 1 aromatic carbocycles. The number of ether oxygens (including phenoxy) is 1. The van der Waals surface area contributed by atoms with Crippen LogP contribution in [0.1, 0.15) is 25.3 Å². The van der Waals surface area contributed by atoms with Crippen molar-refractivity contribution in [2.24, 2.45) is 5.73 Å². The molecule has 5 heteroatoms. The molecule has 0 spiro atoms. The first-order valence-corrected chi connectivity index (χ1v) is 7.35. The maximum atomic E-state index is 11.9. The number of nitrogens with one attached hydrogen (secondary N) is 1. The van der Waals surface area contributed by atoms with Crippen LogP contribution in [0.15, 0.2) is 42.7 Å². The lowest BCUT2D eigenvalue weighted by Gasteiger charge is -2.13. The smallest absolute Gasteiger partial charge is 0.241 e. The summed E-state index contributed by atoms with van der Waals surface area (Å²) in [4.78, 5) is 15.9. The molecule has 1 atom stereocenters. The second kappa shape index (κ2) is 7.56. The number of carbonyl (C=O) groups is 1. The number of aryl methyl sites for hydroxylation is 1. The maximum absolute atomic E-state index is 11.9. The molecule has 0 bridgehead atoms. The van der Waals surface area contributed by atoms with Crippen LogP contribution in [0.3, 0.4) is 0 Å². The third-order valence-electron chi connectivity index (χ3n) is 3.24. The third kappa shape index (κ3) is 4.30. The highest BCUT2D eigenvalue weighted by Gasteiger charge is 2.13. The van der Waals surface area contributed by atoms with Crippen molar-refractivity contribution in [3.05, 3.63) is 48.3 Å². The molecule has 1 amide bonds. The average Bonchev–Trinajstić information content (AvgIpc) is 2.51. The number of anilines is 1. The van der Waals surface area contributed by atoms with Gasteiger partial charge in [0, 0.05) is 11.9 Å². The molecule has 5 nitrogen and oxygen atoms in total. The van der Waals surface area contributed by atoms with Crippen molar-refractivity contribution in [3.63, 3.8) is 0 Å². The molecule has 1 unspecified atom stereocenters. The normalized spacial score (nSPS) is 11.8. The number of benzene rings is 1. The molecule has 2 rings (SSSR count). The minimum absolute atomic E-state index is 0.165. The Labute approximate surface area is 130 Å².